The highest BCUT2D eigenvalue weighted by Gasteiger charge is 2.32. The minimum atomic E-state index is -0.621. The first-order valence-electron chi connectivity index (χ1n) is 10.6. The van der Waals surface area contributed by atoms with Gasteiger partial charge in [0.2, 0.25) is 5.91 Å². The number of amides is 4. The van der Waals surface area contributed by atoms with Crippen molar-refractivity contribution in [2.75, 3.05) is 33.3 Å². The second-order valence-corrected chi connectivity index (χ2v) is 7.99. The number of methoxy groups -OCH3 is 1. The van der Waals surface area contributed by atoms with Crippen molar-refractivity contribution in [1.29, 1.82) is 0 Å². The van der Waals surface area contributed by atoms with Crippen LogP contribution in [0.25, 0.3) is 0 Å². The Labute approximate surface area is 178 Å². The number of piperazine rings is 1. The average Bonchev–Trinajstić information content (AvgIpc) is 2.75. The number of benzene rings is 1. The van der Waals surface area contributed by atoms with Gasteiger partial charge < -0.3 is 25.2 Å². The predicted octanol–water partition coefficient (Wildman–Crippen LogP) is 2.10. The number of hydrogen-bond acceptors (Lipinski definition) is 4. The van der Waals surface area contributed by atoms with Gasteiger partial charge in [-0.2, -0.15) is 0 Å². The number of urea groups is 1. The van der Waals surface area contributed by atoms with E-state index in [0.717, 1.165) is 6.42 Å². The van der Waals surface area contributed by atoms with Gasteiger partial charge in [0.15, 0.2) is 0 Å². The summed E-state index contributed by atoms with van der Waals surface area (Å²) in [5.74, 6) is 0.159. The molecule has 1 aliphatic rings. The second-order valence-electron chi connectivity index (χ2n) is 7.99. The van der Waals surface area contributed by atoms with Crippen LogP contribution in [0, 0.1) is 5.92 Å². The van der Waals surface area contributed by atoms with Crippen LogP contribution in [0.2, 0.25) is 0 Å². The van der Waals surface area contributed by atoms with E-state index in [1.165, 1.54) is 0 Å². The number of rotatable bonds is 7. The highest BCUT2D eigenvalue weighted by atomic mass is 16.5. The number of nitrogens with one attached hydrogen (secondary N) is 2. The van der Waals surface area contributed by atoms with E-state index in [4.69, 9.17) is 4.74 Å². The maximum Gasteiger partial charge on any atom is 0.317 e. The van der Waals surface area contributed by atoms with E-state index in [2.05, 4.69) is 10.6 Å². The molecule has 1 fully saturated rings. The van der Waals surface area contributed by atoms with Crippen molar-refractivity contribution < 1.29 is 19.1 Å². The summed E-state index contributed by atoms with van der Waals surface area (Å²) in [5, 5.41) is 5.79. The molecule has 0 bridgehead atoms. The quantitative estimate of drug-likeness (QED) is 0.710. The summed E-state index contributed by atoms with van der Waals surface area (Å²) in [6.45, 7) is 9.64. The highest BCUT2D eigenvalue weighted by Crippen LogP contribution is 2.16. The minimum Gasteiger partial charge on any atom is -0.497 e. The maximum absolute atomic E-state index is 13.2. The van der Waals surface area contributed by atoms with Gasteiger partial charge in [-0.3, -0.25) is 9.59 Å². The van der Waals surface area contributed by atoms with Crippen molar-refractivity contribution in [2.45, 2.75) is 46.2 Å². The van der Waals surface area contributed by atoms with E-state index in [1.54, 1.807) is 41.2 Å². The number of carbonyl (C=O) groups is 3. The van der Waals surface area contributed by atoms with Crippen LogP contribution in [0.15, 0.2) is 24.3 Å². The molecule has 1 aliphatic heterocycles. The van der Waals surface area contributed by atoms with Crippen molar-refractivity contribution in [1.82, 2.24) is 20.4 Å². The van der Waals surface area contributed by atoms with Crippen molar-refractivity contribution >= 4 is 17.8 Å². The Morgan fingerprint density at radius 3 is 2.23 bits per heavy atom. The van der Waals surface area contributed by atoms with Crippen molar-refractivity contribution in [3.8, 4) is 5.75 Å². The zero-order chi connectivity index (χ0) is 22.3. The summed E-state index contributed by atoms with van der Waals surface area (Å²) in [4.78, 5) is 41.6. The van der Waals surface area contributed by atoms with Crippen LogP contribution >= 0.6 is 0 Å². The fourth-order valence-electron chi connectivity index (χ4n) is 3.34. The molecule has 0 radical (unpaired) electrons. The van der Waals surface area contributed by atoms with Gasteiger partial charge in [0.25, 0.3) is 5.91 Å². The molecule has 1 heterocycles. The van der Waals surface area contributed by atoms with Crippen LogP contribution in [0.3, 0.4) is 0 Å². The fraction of sp³-hybridized carbons (Fsp3) is 0.591. The lowest BCUT2D eigenvalue weighted by atomic mass is 9.97. The summed E-state index contributed by atoms with van der Waals surface area (Å²) < 4.78 is 5.18. The first kappa shape index (κ1) is 23.5. The Morgan fingerprint density at radius 2 is 1.67 bits per heavy atom. The Balaban J connectivity index is 2.04. The smallest absolute Gasteiger partial charge is 0.317 e. The molecule has 2 atom stereocenters. The third-order valence-electron chi connectivity index (χ3n) is 5.39. The maximum atomic E-state index is 13.2. The molecule has 0 spiro atoms. The summed E-state index contributed by atoms with van der Waals surface area (Å²) >= 11 is 0. The Hall–Kier alpha value is -2.77. The predicted molar refractivity (Wildman–Crippen MR) is 116 cm³/mol. The molecule has 2 unspecified atom stereocenters. The van der Waals surface area contributed by atoms with Crippen LogP contribution in [-0.2, 0) is 4.79 Å². The molecular formula is C22H34N4O4. The molecule has 166 valence electrons. The largest absolute Gasteiger partial charge is 0.497 e. The molecule has 4 amide bonds. The van der Waals surface area contributed by atoms with Crippen LogP contribution in [0.1, 0.15) is 44.5 Å². The van der Waals surface area contributed by atoms with Gasteiger partial charge in [-0.1, -0.05) is 26.3 Å². The monoisotopic (exact) mass is 418 g/mol. The molecule has 0 saturated carbocycles. The van der Waals surface area contributed by atoms with Gasteiger partial charge in [-0.15, -0.1) is 0 Å². The molecule has 8 heteroatoms. The molecule has 2 N–H and O–H groups in total. The summed E-state index contributed by atoms with van der Waals surface area (Å²) in [6.07, 6.45) is 0.756. The lowest BCUT2D eigenvalue weighted by molar-refractivity contribution is -0.136. The zero-order valence-corrected chi connectivity index (χ0v) is 18.6. The second kappa shape index (κ2) is 10.8. The van der Waals surface area contributed by atoms with E-state index < -0.39 is 6.04 Å². The van der Waals surface area contributed by atoms with Crippen LogP contribution in [0.5, 0.6) is 5.75 Å². The van der Waals surface area contributed by atoms with Gasteiger partial charge in [0.05, 0.1) is 7.11 Å². The Morgan fingerprint density at radius 1 is 1.03 bits per heavy atom. The van der Waals surface area contributed by atoms with E-state index in [-0.39, 0.29) is 29.8 Å². The zero-order valence-electron chi connectivity index (χ0n) is 18.6. The van der Waals surface area contributed by atoms with Gasteiger partial charge in [0.1, 0.15) is 11.8 Å². The molecule has 8 nitrogen and oxygen atoms in total. The van der Waals surface area contributed by atoms with E-state index in [1.807, 2.05) is 27.7 Å². The number of nitrogens with zero attached hydrogens (tertiary/aromatic N) is 2. The molecule has 1 aromatic rings. The molecule has 0 aromatic heterocycles. The van der Waals surface area contributed by atoms with Crippen LogP contribution < -0.4 is 15.4 Å². The molecule has 0 aliphatic carbocycles. The van der Waals surface area contributed by atoms with E-state index >= 15 is 0 Å². The molecule has 2 rings (SSSR count). The Bertz CT molecular complexity index is 744. The van der Waals surface area contributed by atoms with Crippen LogP contribution in [0.4, 0.5) is 4.79 Å². The van der Waals surface area contributed by atoms with Crippen LogP contribution in [-0.4, -0.2) is 73.0 Å². The number of hydrogen-bond donors (Lipinski definition) is 2. The normalized spacial score (nSPS) is 16.1. The topological polar surface area (TPSA) is 91.0 Å². The standard InChI is InChI=1S/C22H34N4O4/c1-6-16(4)19(24-20(27)17-8-7-9-18(14-17)30-5)21(28)25-10-12-26(13-11-25)22(29)23-15(2)3/h7-9,14-16,19H,6,10-13H2,1-5H3,(H,23,29)(H,24,27). The van der Waals surface area contributed by atoms with E-state index in [9.17, 15) is 14.4 Å². The number of carbonyl (C=O) groups excluding carboxylic acids is 3. The molecule has 30 heavy (non-hydrogen) atoms. The van der Waals surface area contributed by atoms with Gasteiger partial charge in [0, 0.05) is 37.8 Å². The fourth-order valence-corrected chi connectivity index (χ4v) is 3.34. The average molecular weight is 419 g/mol. The van der Waals surface area contributed by atoms with Crippen molar-refractivity contribution in [2.24, 2.45) is 5.92 Å². The van der Waals surface area contributed by atoms with Gasteiger partial charge in [-0.05, 0) is 38.0 Å². The SMILES string of the molecule is CCC(C)C(NC(=O)c1cccc(OC)c1)C(=O)N1CCN(C(=O)NC(C)C)CC1. The third-order valence-corrected chi connectivity index (χ3v) is 5.39. The van der Waals surface area contributed by atoms with Crippen molar-refractivity contribution in [3.63, 3.8) is 0 Å². The first-order valence-corrected chi connectivity index (χ1v) is 10.6. The molecule has 1 saturated heterocycles. The van der Waals surface area contributed by atoms with Crippen molar-refractivity contribution in [3.05, 3.63) is 29.8 Å². The molecular weight excluding hydrogens is 384 g/mol. The summed E-state index contributed by atoms with van der Waals surface area (Å²) in [7, 11) is 1.55. The lowest BCUT2D eigenvalue weighted by Gasteiger charge is -2.37. The highest BCUT2D eigenvalue weighted by molar-refractivity contribution is 5.98. The third kappa shape index (κ3) is 6.11. The van der Waals surface area contributed by atoms with E-state index in [0.29, 0.717) is 37.5 Å². The van der Waals surface area contributed by atoms with Gasteiger partial charge in [-0.25, -0.2) is 4.79 Å². The molecule has 1 aromatic carbocycles. The Kier molecular flexibility index (Phi) is 8.50. The number of ether oxygens (including phenoxy) is 1. The summed E-state index contributed by atoms with van der Waals surface area (Å²) in [5.41, 5.74) is 0.450. The first-order chi connectivity index (χ1) is 14.3. The summed E-state index contributed by atoms with van der Waals surface area (Å²) in [6, 6.07) is 6.20. The minimum absolute atomic E-state index is 0.0191. The lowest BCUT2D eigenvalue weighted by Crippen LogP contribution is -2.58. The van der Waals surface area contributed by atoms with Gasteiger partial charge >= 0.3 is 6.03 Å².